The smallest absolute Gasteiger partial charge is 0.387 e. The van der Waals surface area contributed by atoms with E-state index in [1.165, 1.54) is 54.6 Å². The average molecular weight is 402 g/mol. The molecule has 0 saturated heterocycles. The second-order valence-electron chi connectivity index (χ2n) is 5.18. The van der Waals surface area contributed by atoms with Gasteiger partial charge in [0.1, 0.15) is 5.75 Å². The first-order valence-electron chi connectivity index (χ1n) is 7.19. The first-order chi connectivity index (χ1) is 12.1. The van der Waals surface area contributed by atoms with Gasteiger partial charge < -0.3 is 10.1 Å². The van der Waals surface area contributed by atoms with Gasteiger partial charge in [0.05, 0.1) is 15.6 Å². The first kappa shape index (κ1) is 19.9. The lowest BCUT2D eigenvalue weighted by molar-refractivity contribution is -0.111. The van der Waals surface area contributed by atoms with Gasteiger partial charge in [0.25, 0.3) is 0 Å². The van der Waals surface area contributed by atoms with E-state index in [1.807, 2.05) is 0 Å². The van der Waals surface area contributed by atoms with Crippen molar-refractivity contribution in [2.45, 2.75) is 11.5 Å². The van der Waals surface area contributed by atoms with Crippen LogP contribution in [0.25, 0.3) is 6.08 Å². The van der Waals surface area contributed by atoms with Gasteiger partial charge in [0.2, 0.25) is 5.91 Å². The zero-order valence-electron chi connectivity index (χ0n) is 13.4. The van der Waals surface area contributed by atoms with Crippen molar-refractivity contribution in [3.63, 3.8) is 0 Å². The molecule has 0 radical (unpaired) electrons. The van der Waals surface area contributed by atoms with Crippen LogP contribution < -0.4 is 10.1 Å². The number of hydrogen-bond acceptors (Lipinski definition) is 4. The third kappa shape index (κ3) is 5.82. The Labute approximate surface area is 154 Å². The summed E-state index contributed by atoms with van der Waals surface area (Å²) in [5.74, 6) is -0.531. The molecular formula is C17H14ClF2NO4S. The Balaban J connectivity index is 2.08. The molecule has 0 saturated carbocycles. The van der Waals surface area contributed by atoms with Crippen LogP contribution in [0.1, 0.15) is 5.56 Å². The number of carbonyl (C=O) groups excluding carboxylic acids is 1. The number of alkyl halides is 2. The molecule has 2 aromatic rings. The Morgan fingerprint density at radius 1 is 1.19 bits per heavy atom. The zero-order valence-corrected chi connectivity index (χ0v) is 15.0. The molecule has 0 bridgehead atoms. The molecule has 2 rings (SSSR count). The summed E-state index contributed by atoms with van der Waals surface area (Å²) in [5, 5.41) is 2.67. The van der Waals surface area contributed by atoms with E-state index in [1.54, 1.807) is 0 Å². The van der Waals surface area contributed by atoms with E-state index in [4.69, 9.17) is 11.6 Å². The maximum atomic E-state index is 12.1. The second kappa shape index (κ2) is 8.29. The van der Waals surface area contributed by atoms with E-state index in [-0.39, 0.29) is 21.4 Å². The van der Waals surface area contributed by atoms with Crippen LogP contribution in [0.15, 0.2) is 53.4 Å². The SMILES string of the molecule is CS(=O)(=O)c1ccc(Cl)c(NC(=O)/C=C/c2ccc(OC(F)F)cc2)c1. The highest BCUT2D eigenvalue weighted by Gasteiger charge is 2.11. The first-order valence-corrected chi connectivity index (χ1v) is 9.45. The molecule has 0 fully saturated rings. The van der Waals surface area contributed by atoms with Gasteiger partial charge in [-0.05, 0) is 42.0 Å². The van der Waals surface area contributed by atoms with Crippen molar-refractivity contribution >= 4 is 39.1 Å². The van der Waals surface area contributed by atoms with Crippen molar-refractivity contribution in [2.75, 3.05) is 11.6 Å². The fourth-order valence-corrected chi connectivity index (χ4v) is 2.75. The van der Waals surface area contributed by atoms with Gasteiger partial charge in [-0.15, -0.1) is 0 Å². The number of halogens is 3. The summed E-state index contributed by atoms with van der Waals surface area (Å²) < 4.78 is 51.5. The molecule has 9 heteroatoms. The van der Waals surface area contributed by atoms with Crippen LogP contribution in [0.5, 0.6) is 5.75 Å². The highest BCUT2D eigenvalue weighted by atomic mass is 35.5. The lowest BCUT2D eigenvalue weighted by atomic mass is 10.2. The fourth-order valence-electron chi connectivity index (χ4n) is 1.94. The summed E-state index contributed by atoms with van der Waals surface area (Å²) in [6.07, 6.45) is 3.70. The summed E-state index contributed by atoms with van der Waals surface area (Å²) in [7, 11) is -3.44. The standard InChI is InChI=1S/C17H14ClF2NO4S/c1-26(23,24)13-7-8-14(18)15(10-13)21-16(22)9-4-11-2-5-12(6-3-11)25-17(19)20/h2-10,17H,1H3,(H,21,22)/b9-4+. The number of ether oxygens (including phenoxy) is 1. The predicted molar refractivity (Wildman–Crippen MR) is 95.3 cm³/mol. The van der Waals surface area contributed by atoms with Gasteiger partial charge >= 0.3 is 6.61 Å². The molecule has 2 aromatic carbocycles. The normalized spacial score (nSPS) is 11.7. The topological polar surface area (TPSA) is 72.5 Å². The Bertz CT molecular complexity index is 928. The Kier molecular flexibility index (Phi) is 6.33. The average Bonchev–Trinajstić information content (AvgIpc) is 2.54. The van der Waals surface area contributed by atoms with Crippen LogP contribution in [-0.2, 0) is 14.6 Å². The van der Waals surface area contributed by atoms with Crippen LogP contribution in [-0.4, -0.2) is 27.2 Å². The van der Waals surface area contributed by atoms with Crippen molar-refractivity contribution in [3.8, 4) is 5.75 Å². The predicted octanol–water partition coefficient (Wildman–Crippen LogP) is 4.00. The molecule has 0 heterocycles. The second-order valence-corrected chi connectivity index (χ2v) is 7.61. The largest absolute Gasteiger partial charge is 0.435 e. The van der Waals surface area contributed by atoms with E-state index in [9.17, 15) is 22.0 Å². The van der Waals surface area contributed by atoms with Gasteiger partial charge in [-0.3, -0.25) is 4.79 Å². The highest BCUT2D eigenvalue weighted by molar-refractivity contribution is 7.90. The molecule has 1 amide bonds. The number of hydrogen-bond donors (Lipinski definition) is 1. The van der Waals surface area contributed by atoms with E-state index in [2.05, 4.69) is 10.1 Å². The Morgan fingerprint density at radius 3 is 2.42 bits per heavy atom. The molecule has 0 aliphatic rings. The molecule has 0 aromatic heterocycles. The fraction of sp³-hybridized carbons (Fsp3) is 0.118. The van der Waals surface area contributed by atoms with E-state index >= 15 is 0 Å². The van der Waals surface area contributed by atoms with Crippen molar-refractivity contribution in [3.05, 3.63) is 59.1 Å². The van der Waals surface area contributed by atoms with Crippen LogP contribution in [0, 0.1) is 0 Å². The number of sulfone groups is 1. The maximum Gasteiger partial charge on any atom is 0.387 e. The van der Waals surface area contributed by atoms with Gasteiger partial charge in [0.15, 0.2) is 9.84 Å². The number of nitrogens with one attached hydrogen (secondary N) is 1. The molecule has 0 spiro atoms. The molecule has 0 aliphatic carbocycles. The monoisotopic (exact) mass is 401 g/mol. The van der Waals surface area contributed by atoms with Crippen molar-refractivity contribution in [1.29, 1.82) is 0 Å². The summed E-state index contributed by atoms with van der Waals surface area (Å²) in [4.78, 5) is 12.0. The summed E-state index contributed by atoms with van der Waals surface area (Å²) in [6, 6.07) is 9.66. The van der Waals surface area contributed by atoms with Crippen LogP contribution in [0.3, 0.4) is 0 Å². The van der Waals surface area contributed by atoms with Crippen molar-refractivity contribution in [2.24, 2.45) is 0 Å². The van der Waals surface area contributed by atoms with E-state index < -0.39 is 22.4 Å². The third-order valence-corrected chi connectivity index (χ3v) is 4.60. The number of benzene rings is 2. The van der Waals surface area contributed by atoms with Crippen molar-refractivity contribution < 1.29 is 26.7 Å². The van der Waals surface area contributed by atoms with Gasteiger partial charge in [-0.2, -0.15) is 8.78 Å². The quantitative estimate of drug-likeness (QED) is 0.743. The number of carbonyl (C=O) groups is 1. The number of amides is 1. The molecule has 0 aliphatic heterocycles. The minimum absolute atomic E-state index is 0.00553. The number of rotatable bonds is 6. The molecule has 0 atom stereocenters. The Morgan fingerprint density at radius 2 is 1.85 bits per heavy atom. The summed E-state index contributed by atoms with van der Waals surface area (Å²) in [5.41, 5.74) is 0.739. The van der Waals surface area contributed by atoms with Crippen LogP contribution in [0.2, 0.25) is 5.02 Å². The molecule has 26 heavy (non-hydrogen) atoms. The minimum Gasteiger partial charge on any atom is -0.435 e. The summed E-state index contributed by atoms with van der Waals surface area (Å²) >= 11 is 5.96. The molecule has 0 unspecified atom stereocenters. The van der Waals surface area contributed by atoms with E-state index in [0.717, 1.165) is 6.26 Å². The van der Waals surface area contributed by atoms with Gasteiger partial charge in [-0.25, -0.2) is 8.42 Å². The lowest BCUT2D eigenvalue weighted by Gasteiger charge is -2.07. The molecule has 1 N–H and O–H groups in total. The minimum atomic E-state index is -3.44. The molecule has 5 nitrogen and oxygen atoms in total. The highest BCUT2D eigenvalue weighted by Crippen LogP contribution is 2.25. The summed E-state index contributed by atoms with van der Waals surface area (Å²) in [6.45, 7) is -2.91. The number of anilines is 1. The molecule has 138 valence electrons. The van der Waals surface area contributed by atoms with E-state index in [0.29, 0.717) is 5.56 Å². The van der Waals surface area contributed by atoms with Gasteiger partial charge in [-0.1, -0.05) is 23.7 Å². The third-order valence-electron chi connectivity index (χ3n) is 3.16. The van der Waals surface area contributed by atoms with Crippen LogP contribution in [0.4, 0.5) is 14.5 Å². The Hall–Kier alpha value is -2.45. The van der Waals surface area contributed by atoms with Gasteiger partial charge in [0, 0.05) is 12.3 Å². The zero-order chi connectivity index (χ0) is 19.3. The molecular weight excluding hydrogens is 388 g/mol. The van der Waals surface area contributed by atoms with Crippen LogP contribution >= 0.6 is 11.6 Å². The maximum absolute atomic E-state index is 12.1. The lowest BCUT2D eigenvalue weighted by Crippen LogP contribution is -2.09. The van der Waals surface area contributed by atoms with Crippen molar-refractivity contribution in [1.82, 2.24) is 0 Å².